The van der Waals surface area contributed by atoms with E-state index in [4.69, 9.17) is 47.6 Å². The number of aliphatic carboxylic acids is 5. The number of carboxylic acid groups (broad SMARTS) is 6. The van der Waals surface area contributed by atoms with Crippen LogP contribution >= 0.6 is 0 Å². The van der Waals surface area contributed by atoms with Gasteiger partial charge in [-0.15, -0.1) is 0 Å². The molecule has 0 aliphatic heterocycles. The molecule has 17 N–H and O–H groups in total. The van der Waals surface area contributed by atoms with Gasteiger partial charge in [0.05, 0.1) is 12.4 Å². The molecule has 0 aliphatic carbocycles. The van der Waals surface area contributed by atoms with Crippen LogP contribution in [0.5, 0.6) is 0 Å². The smallest absolute Gasteiger partial charge is 0.326 e. The van der Waals surface area contributed by atoms with Gasteiger partial charge in [0.2, 0.25) is 6.41 Å². The van der Waals surface area contributed by atoms with E-state index in [-0.39, 0.29) is 86.9 Å². The molecular weight excluding hydrogens is 906 g/mol. The highest BCUT2D eigenvalue weighted by molar-refractivity contribution is 6.07. The Morgan fingerprint density at radius 3 is 1.75 bits per heavy atom. The van der Waals surface area contributed by atoms with Gasteiger partial charge >= 0.3 is 35.9 Å². The monoisotopic (exact) mass is 967 g/mol. The number of carboxylic acids is 5. The third-order valence-electron chi connectivity index (χ3n) is 8.75. The number of anilines is 2. The summed E-state index contributed by atoms with van der Waals surface area (Å²) >= 11 is 0. The van der Waals surface area contributed by atoms with E-state index in [0.717, 1.165) is 5.01 Å². The summed E-state index contributed by atoms with van der Waals surface area (Å²) in [6.45, 7) is 1.31. The second-order valence-electron chi connectivity index (χ2n) is 14.2. The van der Waals surface area contributed by atoms with Crippen LogP contribution < -0.4 is 48.9 Å². The van der Waals surface area contributed by atoms with E-state index in [0.29, 0.717) is 43.0 Å². The largest absolute Gasteiger partial charge is 0.483 e. The highest BCUT2D eigenvalue weighted by Crippen LogP contribution is 2.21. The zero-order chi connectivity index (χ0) is 52.2. The number of unbranched alkanes of at least 4 members (excludes halogenated alkanes) is 1. The molecule has 5 amide bonds. The van der Waals surface area contributed by atoms with Crippen molar-refractivity contribution >= 4 is 71.9 Å². The first-order valence-corrected chi connectivity index (χ1v) is 20.6. The van der Waals surface area contributed by atoms with Gasteiger partial charge in [0, 0.05) is 67.0 Å². The van der Waals surface area contributed by atoms with Crippen LogP contribution in [0.2, 0.25) is 0 Å². The second kappa shape index (κ2) is 36.4. The van der Waals surface area contributed by atoms with E-state index in [9.17, 15) is 52.6 Å². The van der Waals surface area contributed by atoms with Crippen LogP contribution in [0.1, 0.15) is 97.4 Å². The Balaban J connectivity index is 0. The van der Waals surface area contributed by atoms with Crippen LogP contribution in [0.25, 0.3) is 0 Å². The standard InChI is InChI=1S/C30H39FN8O8.C6H13NO2.C5H8O4.CH2O2/c31-10-3-4-21(32)16-39(34)23-14-19(26(41)35-11-2-1-5-24(28(43)44)36-17-40)13-20(15-23)27(42)37-22-8-6-18(7-9-22)12-25(29(45)46)38-30(33)47;1-5(7-2)3-4-6(8)9;6-4(7)2-1-3-5(8)9;2-1-3/h6-9,13-17,24-25H,1-5,10-12,32,34H2,(H,35,41)(H,36,40)(H,37,42)(H,43,44)(H,45,46)(H3,33,38,47);5,7H,3-4H2,1-2H3,(H,8,9);1-3H2,(H,6,7)(H,8,9);1H,(H,2,3)/b21-16-;;;. The van der Waals surface area contributed by atoms with Gasteiger partial charge in [0.1, 0.15) is 12.1 Å². The fraction of sp³-hybridized carbons (Fsp3) is 0.429. The third kappa shape index (κ3) is 31.1. The van der Waals surface area contributed by atoms with E-state index in [2.05, 4.69) is 26.6 Å². The Bertz CT molecular complexity index is 1960. The summed E-state index contributed by atoms with van der Waals surface area (Å²) in [6, 6.07) is 7.38. The first-order valence-electron chi connectivity index (χ1n) is 20.6. The van der Waals surface area contributed by atoms with Crippen LogP contribution in [0, 0.1) is 0 Å². The number of hydrogen-bond donors (Lipinski definition) is 14. The first kappa shape index (κ1) is 62.2. The summed E-state index contributed by atoms with van der Waals surface area (Å²) < 4.78 is 12.6. The van der Waals surface area contributed by atoms with Crippen molar-refractivity contribution in [3.8, 4) is 0 Å². The van der Waals surface area contributed by atoms with Gasteiger partial charge < -0.3 is 68.7 Å². The number of carbonyl (C=O) groups excluding carboxylic acids is 4. The number of rotatable bonds is 28. The van der Waals surface area contributed by atoms with Crippen molar-refractivity contribution in [2.24, 2.45) is 17.3 Å². The lowest BCUT2D eigenvalue weighted by Gasteiger charge is -2.18. The summed E-state index contributed by atoms with van der Waals surface area (Å²) in [4.78, 5) is 108. The van der Waals surface area contributed by atoms with E-state index >= 15 is 0 Å². The van der Waals surface area contributed by atoms with Gasteiger partial charge in [0.25, 0.3) is 18.3 Å². The molecule has 3 atom stereocenters. The fourth-order valence-corrected chi connectivity index (χ4v) is 5.16. The predicted octanol–water partition coefficient (Wildman–Crippen LogP) is 1.42. The molecule has 26 heteroatoms. The number of benzene rings is 2. The lowest BCUT2D eigenvalue weighted by Crippen LogP contribution is -2.44. The number of hydrogen-bond acceptors (Lipinski definition) is 14. The summed E-state index contributed by atoms with van der Waals surface area (Å²) in [5.74, 6) is -0.0777. The van der Waals surface area contributed by atoms with Crippen LogP contribution in [0.15, 0.2) is 54.4 Å². The van der Waals surface area contributed by atoms with Crippen molar-refractivity contribution in [2.75, 3.05) is 30.6 Å². The number of urea groups is 1. The Labute approximate surface area is 390 Å². The predicted molar refractivity (Wildman–Crippen MR) is 243 cm³/mol. The van der Waals surface area contributed by atoms with Crippen LogP contribution in [-0.2, 0) is 40.0 Å². The van der Waals surface area contributed by atoms with Gasteiger partial charge in [-0.1, -0.05) is 12.1 Å². The molecule has 0 fully saturated rings. The fourth-order valence-electron chi connectivity index (χ4n) is 5.16. The maximum Gasteiger partial charge on any atom is 0.326 e. The van der Waals surface area contributed by atoms with Gasteiger partial charge in [0.15, 0.2) is 0 Å². The highest BCUT2D eigenvalue weighted by atomic mass is 19.1. The number of hydrazine groups is 1. The average Bonchev–Trinajstić information content (AvgIpc) is 3.27. The Morgan fingerprint density at radius 1 is 0.735 bits per heavy atom. The molecule has 0 aromatic heterocycles. The molecular formula is C42H62FN9O16. The quantitative estimate of drug-likeness (QED) is 0.0248. The Kier molecular flexibility index (Phi) is 33.3. The maximum absolute atomic E-state index is 13.3. The van der Waals surface area contributed by atoms with Crippen molar-refractivity contribution in [1.29, 1.82) is 0 Å². The zero-order valence-electron chi connectivity index (χ0n) is 37.5. The lowest BCUT2D eigenvalue weighted by atomic mass is 10.0. The van der Waals surface area contributed by atoms with Gasteiger partial charge in [-0.2, -0.15) is 0 Å². The van der Waals surface area contributed by atoms with Crippen molar-refractivity contribution in [3.05, 3.63) is 71.1 Å². The van der Waals surface area contributed by atoms with Gasteiger partial charge in [-0.3, -0.25) is 43.0 Å². The molecule has 0 spiro atoms. The van der Waals surface area contributed by atoms with Crippen LogP contribution in [0.3, 0.4) is 0 Å². The average molecular weight is 968 g/mol. The molecule has 2 aromatic rings. The molecule has 25 nitrogen and oxygen atoms in total. The maximum atomic E-state index is 13.3. The number of carbonyl (C=O) groups is 10. The van der Waals surface area contributed by atoms with Crippen LogP contribution in [-0.4, -0.2) is 130 Å². The number of halogens is 1. The van der Waals surface area contributed by atoms with Crippen molar-refractivity contribution in [2.45, 2.75) is 95.7 Å². The van der Waals surface area contributed by atoms with Crippen molar-refractivity contribution in [1.82, 2.24) is 21.3 Å². The van der Waals surface area contributed by atoms with E-state index in [1.165, 1.54) is 36.5 Å². The number of primary amides is 1. The molecule has 2 aromatic carbocycles. The number of nitrogens with two attached hydrogens (primary N) is 3. The molecule has 3 unspecified atom stereocenters. The van der Waals surface area contributed by atoms with Crippen molar-refractivity contribution < 1.29 is 83.0 Å². The van der Waals surface area contributed by atoms with Gasteiger partial charge in [-0.05, 0) is 94.8 Å². The number of allylic oxidation sites excluding steroid dienone is 1. The number of nitrogens with zero attached hydrogens (tertiary/aromatic N) is 1. The van der Waals surface area contributed by atoms with E-state index < -0.39 is 66.5 Å². The zero-order valence-corrected chi connectivity index (χ0v) is 37.5. The topological polar surface area (TPSA) is 434 Å². The minimum Gasteiger partial charge on any atom is -0.483 e. The van der Waals surface area contributed by atoms with Crippen molar-refractivity contribution in [3.63, 3.8) is 0 Å². The van der Waals surface area contributed by atoms with E-state index in [1.54, 1.807) is 12.1 Å². The summed E-state index contributed by atoms with van der Waals surface area (Å²) in [5, 5.41) is 63.4. The van der Waals surface area contributed by atoms with Crippen LogP contribution in [0.4, 0.5) is 20.6 Å². The summed E-state index contributed by atoms with van der Waals surface area (Å²) in [7, 11) is 1.83. The summed E-state index contributed by atoms with van der Waals surface area (Å²) in [5.41, 5.74) is 12.4. The SMILES string of the molecule is CNC(C)CCC(=O)O.NC(=O)NC(Cc1ccc(NC(=O)c2cc(C(=O)NCCCCC(NC=O)C(=O)O)cc(N(N)/C=C(\N)CCCF)c2)cc1)C(=O)O.O=C(O)CCCC(=O)O.O=CO. The molecule has 2 rings (SSSR count). The van der Waals surface area contributed by atoms with E-state index in [1.807, 2.05) is 14.0 Å². The molecule has 0 aliphatic rings. The molecule has 0 saturated heterocycles. The molecule has 0 heterocycles. The number of alkyl halides is 1. The molecule has 0 saturated carbocycles. The Morgan fingerprint density at radius 2 is 1.28 bits per heavy atom. The Hall–Kier alpha value is -7.87. The molecule has 0 radical (unpaired) electrons. The number of amides is 5. The second-order valence-corrected chi connectivity index (χ2v) is 14.2. The summed E-state index contributed by atoms with van der Waals surface area (Å²) in [6.07, 6.45) is 4.00. The normalized spacial score (nSPS) is 11.6. The molecule has 68 heavy (non-hydrogen) atoms. The third-order valence-corrected chi connectivity index (χ3v) is 8.75. The first-order chi connectivity index (χ1) is 32.0. The highest BCUT2D eigenvalue weighted by Gasteiger charge is 2.20. The molecule has 0 bridgehead atoms. The molecule has 378 valence electrons. The van der Waals surface area contributed by atoms with Gasteiger partial charge in [-0.25, -0.2) is 20.2 Å². The number of nitrogens with one attached hydrogen (secondary N) is 5. The lowest BCUT2D eigenvalue weighted by molar-refractivity contribution is -0.141. The minimum atomic E-state index is -1.27. The minimum absolute atomic E-state index is 0.0451.